The summed E-state index contributed by atoms with van der Waals surface area (Å²) in [5, 5.41) is 0.829. The van der Waals surface area contributed by atoms with Gasteiger partial charge in [-0.15, -0.1) is 0 Å². The van der Waals surface area contributed by atoms with E-state index in [2.05, 4.69) is 26.8 Å². The monoisotopic (exact) mass is 402 g/mol. The highest BCUT2D eigenvalue weighted by molar-refractivity contribution is 9.10. The van der Waals surface area contributed by atoms with Gasteiger partial charge in [0.05, 0.1) is 19.8 Å². The van der Waals surface area contributed by atoms with E-state index in [1.807, 2.05) is 6.07 Å². The van der Waals surface area contributed by atoms with E-state index in [9.17, 15) is 9.59 Å². The topological polar surface area (TPSA) is 80.6 Å². The van der Waals surface area contributed by atoms with Crippen LogP contribution in [0.1, 0.15) is 15.9 Å². The number of halogens is 1. The van der Waals surface area contributed by atoms with Crippen molar-refractivity contribution in [1.82, 2.24) is 10.9 Å². The second-order valence-corrected chi connectivity index (χ2v) is 6.22. The molecule has 0 spiro atoms. The number of carbonyl (C=O) groups is 2. The van der Waals surface area contributed by atoms with Gasteiger partial charge in [-0.1, -0.05) is 15.9 Å². The highest BCUT2D eigenvalue weighted by Gasteiger charge is 2.12. The predicted molar refractivity (Wildman–Crippen MR) is 96.2 cm³/mol. The van der Waals surface area contributed by atoms with Gasteiger partial charge in [0.1, 0.15) is 11.3 Å². The summed E-state index contributed by atoms with van der Waals surface area (Å²) >= 11 is 3.30. The molecule has 0 atom stereocenters. The number of furan rings is 1. The van der Waals surface area contributed by atoms with Crippen molar-refractivity contribution >= 4 is 38.7 Å². The third-order valence-corrected chi connectivity index (χ3v) is 4.16. The van der Waals surface area contributed by atoms with Gasteiger partial charge in [0.25, 0.3) is 5.91 Å². The van der Waals surface area contributed by atoms with Gasteiger partial charge in [0.15, 0.2) is 0 Å². The number of nitrogens with one attached hydrogen (secondary N) is 2. The summed E-state index contributed by atoms with van der Waals surface area (Å²) < 4.78 is 11.5. The SMILES string of the molecule is COc1ccc2c(CC(=O)NNC(=O)c3ccc(Br)cc3)coc2c1. The van der Waals surface area contributed by atoms with Gasteiger partial charge >= 0.3 is 0 Å². The van der Waals surface area contributed by atoms with Gasteiger partial charge in [-0.3, -0.25) is 20.4 Å². The van der Waals surface area contributed by atoms with Gasteiger partial charge in [-0.25, -0.2) is 0 Å². The van der Waals surface area contributed by atoms with Crippen LogP contribution in [0.15, 0.2) is 57.6 Å². The first-order valence-corrected chi connectivity index (χ1v) is 8.25. The summed E-state index contributed by atoms with van der Waals surface area (Å²) in [6, 6.07) is 12.2. The lowest BCUT2D eigenvalue weighted by atomic mass is 10.1. The van der Waals surface area contributed by atoms with Crippen molar-refractivity contribution in [2.75, 3.05) is 7.11 Å². The summed E-state index contributed by atoms with van der Waals surface area (Å²) in [7, 11) is 1.58. The summed E-state index contributed by atoms with van der Waals surface area (Å²) in [5.74, 6) is -0.0498. The first-order chi connectivity index (χ1) is 12.1. The quantitative estimate of drug-likeness (QED) is 0.656. The Morgan fingerprint density at radius 3 is 2.60 bits per heavy atom. The van der Waals surface area contributed by atoms with Crippen molar-refractivity contribution in [2.45, 2.75) is 6.42 Å². The zero-order valence-electron chi connectivity index (χ0n) is 13.3. The van der Waals surface area contributed by atoms with Crippen molar-refractivity contribution in [1.29, 1.82) is 0 Å². The fourth-order valence-electron chi connectivity index (χ4n) is 2.34. The van der Waals surface area contributed by atoms with Crippen LogP contribution < -0.4 is 15.6 Å². The molecule has 3 rings (SSSR count). The molecular weight excluding hydrogens is 388 g/mol. The number of hydrogen-bond acceptors (Lipinski definition) is 4. The molecule has 0 fully saturated rings. The molecule has 0 unspecified atom stereocenters. The van der Waals surface area contributed by atoms with E-state index in [1.165, 1.54) is 6.26 Å². The van der Waals surface area contributed by atoms with E-state index in [4.69, 9.17) is 9.15 Å². The van der Waals surface area contributed by atoms with Gasteiger partial charge < -0.3 is 9.15 Å². The molecular formula is C18H15BrN2O4. The molecule has 0 saturated carbocycles. The van der Waals surface area contributed by atoms with E-state index in [0.717, 1.165) is 15.4 Å². The minimum atomic E-state index is -0.386. The number of ether oxygens (including phenoxy) is 1. The maximum absolute atomic E-state index is 12.1. The molecule has 25 heavy (non-hydrogen) atoms. The number of carbonyl (C=O) groups excluding carboxylic acids is 2. The van der Waals surface area contributed by atoms with E-state index < -0.39 is 0 Å². The van der Waals surface area contributed by atoms with Gasteiger partial charge in [-0.05, 0) is 36.4 Å². The Morgan fingerprint density at radius 1 is 1.12 bits per heavy atom. The maximum Gasteiger partial charge on any atom is 0.269 e. The van der Waals surface area contributed by atoms with Gasteiger partial charge in [0.2, 0.25) is 5.91 Å². The van der Waals surface area contributed by atoms with Crippen LogP contribution in [-0.4, -0.2) is 18.9 Å². The average Bonchev–Trinajstić information content (AvgIpc) is 3.02. The first-order valence-electron chi connectivity index (χ1n) is 7.45. The van der Waals surface area contributed by atoms with Crippen LogP contribution in [0.5, 0.6) is 5.75 Å². The third-order valence-electron chi connectivity index (χ3n) is 3.64. The number of methoxy groups -OCH3 is 1. The van der Waals surface area contributed by atoms with Crippen LogP contribution in [0.3, 0.4) is 0 Å². The molecule has 2 N–H and O–H groups in total. The molecule has 0 aliphatic carbocycles. The Kier molecular flexibility index (Phi) is 5.04. The molecule has 0 aliphatic rings. The van der Waals surface area contributed by atoms with E-state index in [0.29, 0.717) is 16.9 Å². The van der Waals surface area contributed by atoms with Crippen LogP contribution in [0, 0.1) is 0 Å². The summed E-state index contributed by atoms with van der Waals surface area (Å²) in [5.41, 5.74) is 6.62. The summed E-state index contributed by atoms with van der Waals surface area (Å²) in [6.45, 7) is 0. The Morgan fingerprint density at radius 2 is 1.88 bits per heavy atom. The molecule has 7 heteroatoms. The Bertz CT molecular complexity index is 918. The van der Waals surface area contributed by atoms with Crippen molar-refractivity contribution in [3.8, 4) is 5.75 Å². The van der Waals surface area contributed by atoms with Crippen molar-refractivity contribution in [3.63, 3.8) is 0 Å². The molecule has 0 bridgehead atoms. The fraction of sp³-hybridized carbons (Fsp3) is 0.111. The highest BCUT2D eigenvalue weighted by atomic mass is 79.9. The van der Waals surface area contributed by atoms with Gasteiger partial charge in [0, 0.05) is 27.1 Å². The lowest BCUT2D eigenvalue weighted by Crippen LogP contribution is -2.42. The number of amides is 2. The van der Waals surface area contributed by atoms with Crippen molar-refractivity contribution < 1.29 is 18.7 Å². The number of hydrazine groups is 1. The maximum atomic E-state index is 12.1. The first kappa shape index (κ1) is 17.0. The normalized spacial score (nSPS) is 10.5. The second kappa shape index (κ2) is 7.40. The van der Waals surface area contributed by atoms with Crippen LogP contribution in [0.25, 0.3) is 11.0 Å². The Labute approximate surface area is 152 Å². The molecule has 1 heterocycles. The number of rotatable bonds is 4. The molecule has 0 saturated heterocycles. The molecule has 3 aromatic rings. The minimum Gasteiger partial charge on any atom is -0.497 e. The largest absolute Gasteiger partial charge is 0.497 e. The minimum absolute atomic E-state index is 0.0833. The Balaban J connectivity index is 1.61. The number of hydrogen-bond donors (Lipinski definition) is 2. The molecule has 0 radical (unpaired) electrons. The molecule has 1 aromatic heterocycles. The van der Waals surface area contributed by atoms with E-state index >= 15 is 0 Å². The highest BCUT2D eigenvalue weighted by Crippen LogP contribution is 2.25. The molecule has 0 aliphatic heterocycles. The zero-order valence-corrected chi connectivity index (χ0v) is 14.9. The summed E-state index contributed by atoms with van der Waals surface area (Å²) in [4.78, 5) is 24.0. The van der Waals surface area contributed by atoms with Crippen LogP contribution in [0.4, 0.5) is 0 Å². The standard InChI is InChI=1S/C18H15BrN2O4/c1-24-14-6-7-15-12(10-25-16(15)9-14)8-17(22)20-21-18(23)11-2-4-13(19)5-3-11/h2-7,9-10H,8H2,1H3,(H,20,22)(H,21,23). The fourth-order valence-corrected chi connectivity index (χ4v) is 2.61. The third kappa shape index (κ3) is 4.00. The zero-order chi connectivity index (χ0) is 17.8. The van der Waals surface area contributed by atoms with Crippen molar-refractivity contribution in [3.05, 3.63) is 64.3 Å². The van der Waals surface area contributed by atoms with E-state index in [1.54, 1.807) is 43.5 Å². The molecule has 2 aromatic carbocycles. The average molecular weight is 403 g/mol. The number of benzene rings is 2. The number of fused-ring (bicyclic) bond motifs is 1. The van der Waals surface area contributed by atoms with Crippen LogP contribution in [-0.2, 0) is 11.2 Å². The molecule has 6 nitrogen and oxygen atoms in total. The Hall–Kier alpha value is -2.80. The second-order valence-electron chi connectivity index (χ2n) is 5.31. The van der Waals surface area contributed by atoms with Crippen molar-refractivity contribution in [2.24, 2.45) is 0 Å². The smallest absolute Gasteiger partial charge is 0.269 e. The predicted octanol–water partition coefficient (Wildman–Crippen LogP) is 3.21. The van der Waals surface area contributed by atoms with Crippen LogP contribution >= 0.6 is 15.9 Å². The van der Waals surface area contributed by atoms with E-state index in [-0.39, 0.29) is 18.2 Å². The summed E-state index contributed by atoms with van der Waals surface area (Å²) in [6.07, 6.45) is 1.61. The molecule has 2 amide bonds. The van der Waals surface area contributed by atoms with Crippen LogP contribution in [0.2, 0.25) is 0 Å². The molecule has 128 valence electrons. The lowest BCUT2D eigenvalue weighted by Gasteiger charge is -2.07. The lowest BCUT2D eigenvalue weighted by molar-refractivity contribution is -0.121. The van der Waals surface area contributed by atoms with Gasteiger partial charge in [-0.2, -0.15) is 0 Å².